The van der Waals surface area contributed by atoms with Gasteiger partial charge in [0.1, 0.15) is 12.4 Å². The van der Waals surface area contributed by atoms with Gasteiger partial charge in [0, 0.05) is 17.7 Å². The molecule has 2 aromatic rings. The Labute approximate surface area is 114 Å². The van der Waals surface area contributed by atoms with Gasteiger partial charge in [-0.2, -0.15) is 11.3 Å². The minimum Gasteiger partial charge on any atom is -0.488 e. The fourth-order valence-electron chi connectivity index (χ4n) is 1.64. The fraction of sp³-hybridized carbons (Fsp3) is 0.231. The number of nitro benzene ring substituents is 1. The zero-order chi connectivity index (χ0) is 13.8. The second kappa shape index (κ2) is 5.81. The number of nitro groups is 1. The van der Waals surface area contributed by atoms with Gasteiger partial charge in [0.05, 0.1) is 11.0 Å². The average molecular weight is 279 g/mol. The molecule has 0 aliphatic rings. The lowest BCUT2D eigenvalue weighted by Crippen LogP contribution is -2.01. The molecule has 1 atom stereocenters. The molecule has 5 nitrogen and oxygen atoms in total. The zero-order valence-corrected chi connectivity index (χ0v) is 11.1. The Morgan fingerprint density at radius 3 is 2.84 bits per heavy atom. The second-order valence-corrected chi connectivity index (χ2v) is 4.86. The number of aliphatic hydroxyl groups is 1. The first-order chi connectivity index (χ1) is 9.08. The van der Waals surface area contributed by atoms with Crippen LogP contribution < -0.4 is 4.74 Å². The minimum absolute atomic E-state index is 0.0567. The molecule has 0 spiro atoms. The number of hydrogen-bond acceptors (Lipinski definition) is 5. The summed E-state index contributed by atoms with van der Waals surface area (Å²) in [6, 6.07) is 6.17. The van der Waals surface area contributed by atoms with Crippen molar-refractivity contribution in [2.24, 2.45) is 0 Å². The molecule has 2 rings (SSSR count). The quantitative estimate of drug-likeness (QED) is 0.673. The van der Waals surface area contributed by atoms with E-state index in [0.29, 0.717) is 17.9 Å². The summed E-state index contributed by atoms with van der Waals surface area (Å²) in [5.74, 6) is 0.465. The molecule has 1 N–H and O–H groups in total. The summed E-state index contributed by atoms with van der Waals surface area (Å²) in [4.78, 5) is 10.2. The second-order valence-electron chi connectivity index (χ2n) is 4.08. The third-order valence-corrected chi connectivity index (χ3v) is 3.36. The van der Waals surface area contributed by atoms with E-state index >= 15 is 0 Å². The highest BCUT2D eigenvalue weighted by atomic mass is 32.1. The van der Waals surface area contributed by atoms with Crippen molar-refractivity contribution in [1.82, 2.24) is 0 Å². The largest absolute Gasteiger partial charge is 0.488 e. The molecule has 0 saturated heterocycles. The Balaban J connectivity index is 2.21. The Morgan fingerprint density at radius 2 is 2.26 bits per heavy atom. The molecule has 100 valence electrons. The van der Waals surface area contributed by atoms with Gasteiger partial charge < -0.3 is 9.84 Å². The topological polar surface area (TPSA) is 72.6 Å². The molecule has 0 radical (unpaired) electrons. The molecule has 6 heteroatoms. The van der Waals surface area contributed by atoms with Gasteiger partial charge in [-0.3, -0.25) is 10.1 Å². The number of benzene rings is 1. The van der Waals surface area contributed by atoms with E-state index in [1.165, 1.54) is 18.2 Å². The Hall–Kier alpha value is -1.92. The van der Waals surface area contributed by atoms with Crippen molar-refractivity contribution >= 4 is 17.0 Å². The molecule has 19 heavy (non-hydrogen) atoms. The number of non-ortho nitro benzene ring substituents is 1. The molecule has 0 saturated carbocycles. The Morgan fingerprint density at radius 1 is 1.47 bits per heavy atom. The number of aliphatic hydroxyl groups excluding tert-OH is 1. The summed E-state index contributed by atoms with van der Waals surface area (Å²) in [5.41, 5.74) is 1.39. The van der Waals surface area contributed by atoms with Crippen LogP contribution in [-0.4, -0.2) is 10.0 Å². The zero-order valence-electron chi connectivity index (χ0n) is 10.3. The normalized spacial score (nSPS) is 12.1. The molecule has 0 aliphatic carbocycles. The first kappa shape index (κ1) is 13.5. The highest BCUT2D eigenvalue weighted by Crippen LogP contribution is 2.30. The van der Waals surface area contributed by atoms with Crippen LogP contribution >= 0.6 is 11.3 Å². The number of nitrogens with zero attached hydrogens (tertiary/aromatic N) is 1. The first-order valence-electron chi connectivity index (χ1n) is 5.68. The van der Waals surface area contributed by atoms with E-state index in [1.807, 2.05) is 16.8 Å². The fourth-order valence-corrected chi connectivity index (χ4v) is 2.30. The summed E-state index contributed by atoms with van der Waals surface area (Å²) >= 11 is 1.57. The molecule has 1 unspecified atom stereocenters. The highest BCUT2D eigenvalue weighted by Gasteiger charge is 2.15. The van der Waals surface area contributed by atoms with Crippen molar-refractivity contribution in [2.75, 3.05) is 0 Å². The summed E-state index contributed by atoms with van der Waals surface area (Å²) < 4.78 is 5.60. The third kappa shape index (κ3) is 3.30. The van der Waals surface area contributed by atoms with Crippen LogP contribution in [0.4, 0.5) is 5.69 Å². The van der Waals surface area contributed by atoms with E-state index in [1.54, 1.807) is 18.3 Å². The lowest BCUT2D eigenvalue weighted by atomic mass is 10.1. The van der Waals surface area contributed by atoms with E-state index < -0.39 is 11.0 Å². The third-order valence-electron chi connectivity index (χ3n) is 2.63. The van der Waals surface area contributed by atoms with E-state index in [2.05, 4.69) is 0 Å². The number of thiophene rings is 1. The molecule has 0 amide bonds. The standard InChI is InChI=1S/C13H13NO4S/c1-9(15)12-6-11(14(16)17)2-3-13(12)18-7-10-4-5-19-8-10/h2-6,8-9,15H,7H2,1H3. The molecule has 1 aromatic carbocycles. The number of hydrogen-bond donors (Lipinski definition) is 1. The molecule has 0 bridgehead atoms. The monoisotopic (exact) mass is 279 g/mol. The van der Waals surface area contributed by atoms with Crippen molar-refractivity contribution in [2.45, 2.75) is 19.6 Å². The lowest BCUT2D eigenvalue weighted by molar-refractivity contribution is -0.385. The van der Waals surface area contributed by atoms with Gasteiger partial charge in [-0.1, -0.05) is 0 Å². The smallest absolute Gasteiger partial charge is 0.270 e. The summed E-state index contributed by atoms with van der Waals surface area (Å²) in [6.45, 7) is 1.93. The summed E-state index contributed by atoms with van der Waals surface area (Å²) in [5, 5.41) is 24.3. The van der Waals surface area contributed by atoms with Crippen molar-refractivity contribution in [1.29, 1.82) is 0 Å². The SMILES string of the molecule is CC(O)c1cc([N+](=O)[O-])ccc1OCc1ccsc1. The molecular formula is C13H13NO4S. The van der Waals surface area contributed by atoms with Crippen LogP contribution in [0.25, 0.3) is 0 Å². The van der Waals surface area contributed by atoms with Gasteiger partial charge in [-0.05, 0) is 35.4 Å². The van der Waals surface area contributed by atoms with Gasteiger partial charge >= 0.3 is 0 Å². The van der Waals surface area contributed by atoms with Gasteiger partial charge in [0.15, 0.2) is 0 Å². The van der Waals surface area contributed by atoms with Gasteiger partial charge in [0.25, 0.3) is 5.69 Å². The maximum Gasteiger partial charge on any atom is 0.270 e. The van der Waals surface area contributed by atoms with Crippen LogP contribution in [0.15, 0.2) is 35.0 Å². The van der Waals surface area contributed by atoms with Gasteiger partial charge in [-0.25, -0.2) is 0 Å². The van der Waals surface area contributed by atoms with Crippen LogP contribution in [0.1, 0.15) is 24.2 Å². The van der Waals surface area contributed by atoms with Crippen molar-refractivity contribution in [3.05, 3.63) is 56.3 Å². The maximum absolute atomic E-state index is 10.7. The van der Waals surface area contributed by atoms with Crippen molar-refractivity contribution in [3.63, 3.8) is 0 Å². The molecule has 1 heterocycles. The van der Waals surface area contributed by atoms with Crippen LogP contribution in [0.5, 0.6) is 5.75 Å². The van der Waals surface area contributed by atoms with Crippen LogP contribution in [0, 0.1) is 10.1 Å². The lowest BCUT2D eigenvalue weighted by Gasteiger charge is -2.12. The predicted molar refractivity (Wildman–Crippen MR) is 72.4 cm³/mol. The van der Waals surface area contributed by atoms with Gasteiger partial charge in [0.2, 0.25) is 0 Å². The van der Waals surface area contributed by atoms with E-state index in [9.17, 15) is 15.2 Å². The summed E-state index contributed by atoms with van der Waals surface area (Å²) in [7, 11) is 0. The minimum atomic E-state index is -0.822. The maximum atomic E-state index is 10.7. The number of ether oxygens (including phenoxy) is 1. The van der Waals surface area contributed by atoms with Crippen LogP contribution in [0.3, 0.4) is 0 Å². The van der Waals surface area contributed by atoms with Gasteiger partial charge in [-0.15, -0.1) is 0 Å². The Bertz CT molecular complexity index is 566. The molecule has 1 aromatic heterocycles. The van der Waals surface area contributed by atoms with Crippen molar-refractivity contribution < 1.29 is 14.8 Å². The highest BCUT2D eigenvalue weighted by molar-refractivity contribution is 7.07. The van der Waals surface area contributed by atoms with E-state index in [4.69, 9.17) is 4.74 Å². The van der Waals surface area contributed by atoms with Crippen molar-refractivity contribution in [3.8, 4) is 5.75 Å². The molecular weight excluding hydrogens is 266 g/mol. The van der Waals surface area contributed by atoms with E-state index in [0.717, 1.165) is 5.56 Å². The average Bonchev–Trinajstić information content (AvgIpc) is 2.89. The predicted octanol–water partition coefficient (Wildman–Crippen LogP) is 3.29. The van der Waals surface area contributed by atoms with Crippen LogP contribution in [0.2, 0.25) is 0 Å². The molecule has 0 aliphatic heterocycles. The van der Waals surface area contributed by atoms with E-state index in [-0.39, 0.29) is 5.69 Å². The summed E-state index contributed by atoms with van der Waals surface area (Å²) in [6.07, 6.45) is -0.822. The van der Waals surface area contributed by atoms with Crippen LogP contribution in [-0.2, 0) is 6.61 Å². The first-order valence-corrected chi connectivity index (χ1v) is 6.62. The molecule has 0 fully saturated rings. The number of rotatable bonds is 5. The Kier molecular flexibility index (Phi) is 4.13.